The summed E-state index contributed by atoms with van der Waals surface area (Å²) < 4.78 is 19.6. The fourth-order valence-electron chi connectivity index (χ4n) is 4.86. The van der Waals surface area contributed by atoms with Gasteiger partial charge >= 0.3 is 0 Å². The van der Waals surface area contributed by atoms with Crippen molar-refractivity contribution in [1.29, 1.82) is 0 Å². The van der Waals surface area contributed by atoms with Gasteiger partial charge < -0.3 is 9.64 Å². The summed E-state index contributed by atoms with van der Waals surface area (Å²) in [5.74, 6) is 6.80. The molecule has 6 heteroatoms. The summed E-state index contributed by atoms with van der Waals surface area (Å²) in [6, 6.07) is 6.92. The Morgan fingerprint density at radius 2 is 1.67 bits per heavy atom. The molecule has 4 heterocycles. The summed E-state index contributed by atoms with van der Waals surface area (Å²) in [5.41, 5.74) is 2.11. The molecule has 2 bridgehead atoms. The van der Waals surface area contributed by atoms with Crippen molar-refractivity contribution in [2.24, 2.45) is 0 Å². The molecule has 5 rings (SSSR count). The third-order valence-electron chi connectivity index (χ3n) is 6.48. The van der Waals surface area contributed by atoms with Crippen molar-refractivity contribution in [3.8, 4) is 11.8 Å². The molecular formula is C24H27FN4O. The number of halogens is 1. The topological polar surface area (TPSA) is 41.5 Å². The first-order valence-corrected chi connectivity index (χ1v) is 10.8. The molecular weight excluding hydrogens is 379 g/mol. The Labute approximate surface area is 177 Å². The van der Waals surface area contributed by atoms with E-state index in [4.69, 9.17) is 4.74 Å². The third kappa shape index (κ3) is 3.68. The lowest BCUT2D eigenvalue weighted by atomic mass is 10.0. The van der Waals surface area contributed by atoms with Crippen LogP contribution in [0, 0.1) is 17.7 Å². The minimum absolute atomic E-state index is 0.159. The minimum atomic E-state index is -0.203. The van der Waals surface area contributed by atoms with Gasteiger partial charge in [0.1, 0.15) is 5.82 Å². The van der Waals surface area contributed by atoms with Crippen molar-refractivity contribution < 1.29 is 9.13 Å². The number of hydrogen-bond acceptors (Lipinski definition) is 5. The van der Waals surface area contributed by atoms with Crippen LogP contribution in [0.15, 0.2) is 30.6 Å². The van der Waals surface area contributed by atoms with Crippen LogP contribution >= 0.6 is 0 Å². The Morgan fingerprint density at radius 3 is 2.23 bits per heavy atom. The zero-order valence-corrected chi connectivity index (χ0v) is 17.5. The molecule has 0 N–H and O–H groups in total. The normalized spacial score (nSPS) is 23.9. The zero-order valence-electron chi connectivity index (χ0n) is 17.5. The van der Waals surface area contributed by atoms with E-state index in [1.165, 1.54) is 18.9 Å². The van der Waals surface area contributed by atoms with Crippen LogP contribution in [0.4, 0.5) is 10.3 Å². The van der Waals surface area contributed by atoms with E-state index in [0.717, 1.165) is 37.8 Å². The zero-order chi connectivity index (χ0) is 20.7. The number of piperazine rings is 1. The predicted molar refractivity (Wildman–Crippen MR) is 114 cm³/mol. The molecule has 2 aromatic rings. The molecule has 3 saturated heterocycles. The lowest BCUT2D eigenvalue weighted by Gasteiger charge is -2.47. The number of nitrogens with zero attached hydrogens (tertiary/aromatic N) is 4. The van der Waals surface area contributed by atoms with Crippen molar-refractivity contribution >= 4 is 5.95 Å². The maximum Gasteiger partial charge on any atom is 0.225 e. The summed E-state index contributed by atoms with van der Waals surface area (Å²) >= 11 is 0. The van der Waals surface area contributed by atoms with Gasteiger partial charge in [0.2, 0.25) is 5.95 Å². The SMILES string of the molecule is CC(C)c1ccc(C#Cc2cnc(N3CC4CCC(C3)N4C3COC3)nc2)cc1F. The number of ether oxygens (including phenoxy) is 1. The van der Waals surface area contributed by atoms with Crippen molar-refractivity contribution in [1.82, 2.24) is 14.9 Å². The van der Waals surface area contributed by atoms with Gasteiger partial charge in [0, 0.05) is 43.1 Å². The molecule has 3 aliphatic heterocycles. The van der Waals surface area contributed by atoms with Crippen molar-refractivity contribution in [2.45, 2.75) is 50.7 Å². The lowest BCUT2D eigenvalue weighted by molar-refractivity contribution is -0.0851. The predicted octanol–water partition coefficient (Wildman–Crippen LogP) is 3.19. The van der Waals surface area contributed by atoms with Crippen LogP contribution < -0.4 is 4.90 Å². The molecule has 0 radical (unpaired) electrons. The average Bonchev–Trinajstić information content (AvgIpc) is 2.94. The fourth-order valence-corrected chi connectivity index (χ4v) is 4.86. The molecule has 0 saturated carbocycles. The van der Waals surface area contributed by atoms with E-state index in [9.17, 15) is 4.39 Å². The largest absolute Gasteiger partial charge is 0.378 e. The van der Waals surface area contributed by atoms with Crippen molar-refractivity contribution in [3.05, 3.63) is 53.1 Å². The van der Waals surface area contributed by atoms with Crippen LogP contribution in [0.3, 0.4) is 0 Å². The van der Waals surface area contributed by atoms with Gasteiger partial charge in [-0.25, -0.2) is 14.4 Å². The Hall–Kier alpha value is -2.49. The Kier molecular flexibility index (Phi) is 5.18. The van der Waals surface area contributed by atoms with Crippen LogP contribution in [-0.2, 0) is 4.74 Å². The molecule has 30 heavy (non-hydrogen) atoms. The van der Waals surface area contributed by atoms with E-state index < -0.39 is 0 Å². The molecule has 2 atom stereocenters. The first-order chi connectivity index (χ1) is 14.6. The highest BCUT2D eigenvalue weighted by atomic mass is 19.1. The summed E-state index contributed by atoms with van der Waals surface area (Å²) in [6.07, 6.45) is 6.02. The highest BCUT2D eigenvalue weighted by molar-refractivity contribution is 5.44. The maximum atomic E-state index is 14.1. The van der Waals surface area contributed by atoms with Crippen molar-refractivity contribution in [2.75, 3.05) is 31.2 Å². The number of aromatic nitrogens is 2. The van der Waals surface area contributed by atoms with Crippen LogP contribution in [-0.4, -0.2) is 59.3 Å². The number of benzene rings is 1. The fraction of sp³-hybridized carbons (Fsp3) is 0.500. The maximum absolute atomic E-state index is 14.1. The molecule has 2 unspecified atom stereocenters. The average molecular weight is 407 g/mol. The van der Waals surface area contributed by atoms with Gasteiger partial charge in [-0.3, -0.25) is 4.90 Å². The van der Waals surface area contributed by atoms with Gasteiger partial charge in [-0.05, 0) is 36.5 Å². The third-order valence-corrected chi connectivity index (χ3v) is 6.48. The minimum Gasteiger partial charge on any atom is -0.378 e. The number of anilines is 1. The van der Waals surface area contributed by atoms with E-state index in [1.54, 1.807) is 12.4 Å². The summed E-state index contributed by atoms with van der Waals surface area (Å²) in [5, 5.41) is 0. The van der Waals surface area contributed by atoms with Gasteiger partial charge in [0.15, 0.2) is 0 Å². The molecule has 0 spiro atoms. The van der Waals surface area contributed by atoms with Crippen LogP contribution in [0.1, 0.15) is 49.3 Å². The van der Waals surface area contributed by atoms with Crippen molar-refractivity contribution in [3.63, 3.8) is 0 Å². The molecule has 1 aromatic heterocycles. The number of rotatable bonds is 3. The summed E-state index contributed by atoms with van der Waals surface area (Å²) in [6.45, 7) is 7.66. The van der Waals surface area contributed by atoms with Gasteiger partial charge in [0.05, 0.1) is 24.8 Å². The second-order valence-electron chi connectivity index (χ2n) is 8.84. The summed E-state index contributed by atoms with van der Waals surface area (Å²) in [4.78, 5) is 14.1. The smallest absolute Gasteiger partial charge is 0.225 e. The van der Waals surface area contributed by atoms with Gasteiger partial charge in [0.25, 0.3) is 0 Å². The molecule has 3 fully saturated rings. The quantitative estimate of drug-likeness (QED) is 0.733. The number of fused-ring (bicyclic) bond motifs is 2. The van der Waals surface area contributed by atoms with E-state index in [0.29, 0.717) is 29.3 Å². The van der Waals surface area contributed by atoms with E-state index >= 15 is 0 Å². The van der Waals surface area contributed by atoms with Gasteiger partial charge in [-0.2, -0.15) is 0 Å². The molecule has 0 amide bonds. The second kappa shape index (κ2) is 7.98. The summed E-state index contributed by atoms with van der Waals surface area (Å²) in [7, 11) is 0. The molecule has 1 aromatic carbocycles. The van der Waals surface area contributed by atoms with Gasteiger partial charge in [-0.1, -0.05) is 31.8 Å². The van der Waals surface area contributed by atoms with Crippen LogP contribution in [0.5, 0.6) is 0 Å². The molecule has 5 nitrogen and oxygen atoms in total. The standard InChI is InChI=1S/C24H27FN4O/c1-16(2)22-8-5-17(9-23(22)25)3-4-18-10-26-24(27-11-18)28-12-19-6-7-20(13-28)29(19)21-14-30-15-21/h5,8-11,16,19-21H,6-7,12-15H2,1-2H3. The molecule has 3 aliphatic rings. The molecule has 0 aliphatic carbocycles. The Morgan fingerprint density at radius 1 is 1.00 bits per heavy atom. The van der Waals surface area contributed by atoms with E-state index in [1.807, 2.05) is 26.0 Å². The van der Waals surface area contributed by atoms with Gasteiger partial charge in [-0.15, -0.1) is 0 Å². The second-order valence-corrected chi connectivity index (χ2v) is 8.84. The Bertz CT molecular complexity index is 963. The van der Waals surface area contributed by atoms with Crippen LogP contribution in [0.25, 0.3) is 0 Å². The highest BCUT2D eigenvalue weighted by Crippen LogP contribution is 2.34. The number of hydrogen-bond donors (Lipinski definition) is 0. The van der Waals surface area contributed by atoms with E-state index in [2.05, 4.69) is 31.6 Å². The first kappa shape index (κ1) is 19.5. The Balaban J connectivity index is 1.26. The molecule has 156 valence electrons. The monoisotopic (exact) mass is 406 g/mol. The lowest BCUT2D eigenvalue weighted by Crippen LogP contribution is -2.62. The van der Waals surface area contributed by atoms with E-state index in [-0.39, 0.29) is 11.7 Å². The first-order valence-electron chi connectivity index (χ1n) is 10.8. The highest BCUT2D eigenvalue weighted by Gasteiger charge is 2.45. The van der Waals surface area contributed by atoms with Crippen LogP contribution in [0.2, 0.25) is 0 Å².